The highest BCUT2D eigenvalue weighted by Crippen LogP contribution is 2.30. The molecule has 0 aliphatic heterocycles. The Morgan fingerprint density at radius 1 is 0.963 bits per heavy atom. The number of benzene rings is 2. The van der Waals surface area contributed by atoms with Gasteiger partial charge in [-0.25, -0.2) is 9.97 Å². The molecule has 0 saturated carbocycles. The Balaban J connectivity index is 1.65. The second-order valence-corrected chi connectivity index (χ2v) is 5.82. The van der Waals surface area contributed by atoms with Crippen LogP contribution in [0, 0.1) is 6.92 Å². The smallest absolute Gasteiger partial charge is 0.324 e. The van der Waals surface area contributed by atoms with Gasteiger partial charge in [-0.2, -0.15) is 13.2 Å². The van der Waals surface area contributed by atoms with Crippen LogP contribution in [0.5, 0.6) is 0 Å². The molecular weight excluding hydrogens is 357 g/mol. The van der Waals surface area contributed by atoms with Crippen LogP contribution in [0.3, 0.4) is 0 Å². The lowest BCUT2D eigenvalue weighted by atomic mass is 10.2. The zero-order chi connectivity index (χ0) is 19.4. The second-order valence-electron chi connectivity index (χ2n) is 5.82. The van der Waals surface area contributed by atoms with Crippen molar-refractivity contribution in [2.45, 2.75) is 13.1 Å². The molecule has 8 heteroatoms. The summed E-state index contributed by atoms with van der Waals surface area (Å²) < 4.78 is 37.7. The summed E-state index contributed by atoms with van der Waals surface area (Å²) in [5.74, 6) is -0.191. The molecule has 0 bridgehead atoms. The monoisotopic (exact) mass is 372 g/mol. The quantitative estimate of drug-likeness (QED) is 0.690. The number of rotatable bonds is 4. The number of hydrogen-bond donors (Lipinski definition) is 2. The molecule has 0 unspecified atom stereocenters. The van der Waals surface area contributed by atoms with Crippen molar-refractivity contribution in [3.05, 3.63) is 77.6 Å². The van der Waals surface area contributed by atoms with Gasteiger partial charge >= 0.3 is 6.18 Å². The summed E-state index contributed by atoms with van der Waals surface area (Å²) in [5, 5.41) is 5.53. The van der Waals surface area contributed by atoms with Gasteiger partial charge in [-0.3, -0.25) is 4.79 Å². The average Bonchev–Trinajstić information content (AvgIpc) is 2.62. The summed E-state index contributed by atoms with van der Waals surface area (Å²) >= 11 is 0. The van der Waals surface area contributed by atoms with Crippen molar-refractivity contribution in [2.24, 2.45) is 0 Å². The van der Waals surface area contributed by atoms with Crippen molar-refractivity contribution in [1.82, 2.24) is 9.97 Å². The Morgan fingerprint density at radius 3 is 2.22 bits per heavy atom. The van der Waals surface area contributed by atoms with Crippen molar-refractivity contribution in [2.75, 3.05) is 10.6 Å². The minimum Gasteiger partial charge on any atom is -0.324 e. The van der Waals surface area contributed by atoms with Gasteiger partial charge in [0.15, 0.2) is 0 Å². The first-order valence-corrected chi connectivity index (χ1v) is 7.95. The highest BCUT2D eigenvalue weighted by Gasteiger charge is 2.29. The Hall–Kier alpha value is -3.42. The predicted molar refractivity (Wildman–Crippen MR) is 95.9 cm³/mol. The Kier molecular flexibility index (Phi) is 5.07. The SMILES string of the molecule is Cc1cccc(NC(=O)c2cnc(Nc3ccc(C(F)(F)F)cc3)nc2)c1. The summed E-state index contributed by atoms with van der Waals surface area (Å²) in [4.78, 5) is 20.2. The number of aryl methyl sites for hydroxylation is 1. The number of halogens is 3. The van der Waals surface area contributed by atoms with E-state index in [-0.39, 0.29) is 17.4 Å². The zero-order valence-corrected chi connectivity index (χ0v) is 14.2. The van der Waals surface area contributed by atoms with E-state index in [0.29, 0.717) is 11.4 Å². The van der Waals surface area contributed by atoms with Gasteiger partial charge in [-0.05, 0) is 48.9 Å². The summed E-state index contributed by atoms with van der Waals surface area (Å²) in [6.07, 6.45) is -1.71. The fourth-order valence-corrected chi connectivity index (χ4v) is 2.31. The van der Waals surface area contributed by atoms with E-state index in [1.165, 1.54) is 24.5 Å². The molecule has 0 radical (unpaired) electrons. The van der Waals surface area contributed by atoms with Crippen LogP contribution >= 0.6 is 0 Å². The van der Waals surface area contributed by atoms with Gasteiger partial charge < -0.3 is 10.6 Å². The molecule has 5 nitrogen and oxygen atoms in total. The first-order chi connectivity index (χ1) is 12.8. The van der Waals surface area contributed by atoms with Crippen molar-refractivity contribution in [3.63, 3.8) is 0 Å². The molecule has 0 aliphatic carbocycles. The lowest BCUT2D eigenvalue weighted by Gasteiger charge is -2.09. The third kappa shape index (κ3) is 4.81. The minimum absolute atomic E-state index is 0.168. The van der Waals surface area contributed by atoms with Gasteiger partial charge in [-0.1, -0.05) is 12.1 Å². The molecule has 2 aromatic carbocycles. The van der Waals surface area contributed by atoms with Crippen LogP contribution in [-0.4, -0.2) is 15.9 Å². The maximum Gasteiger partial charge on any atom is 0.416 e. The number of anilines is 3. The molecule has 0 spiro atoms. The number of carbonyl (C=O) groups is 1. The number of nitrogens with zero attached hydrogens (tertiary/aromatic N) is 2. The molecule has 2 N–H and O–H groups in total. The van der Waals surface area contributed by atoms with Crippen molar-refractivity contribution < 1.29 is 18.0 Å². The van der Waals surface area contributed by atoms with E-state index in [4.69, 9.17) is 0 Å². The first kappa shape index (κ1) is 18.4. The van der Waals surface area contributed by atoms with E-state index in [2.05, 4.69) is 20.6 Å². The molecule has 27 heavy (non-hydrogen) atoms. The minimum atomic E-state index is -4.39. The number of alkyl halides is 3. The van der Waals surface area contributed by atoms with E-state index in [0.717, 1.165) is 17.7 Å². The van der Waals surface area contributed by atoms with Crippen LogP contribution in [-0.2, 0) is 6.18 Å². The van der Waals surface area contributed by atoms with E-state index in [1.54, 1.807) is 6.07 Å². The maximum atomic E-state index is 12.6. The standard InChI is InChI=1S/C19H15F3N4O/c1-12-3-2-4-16(9-12)25-17(27)13-10-23-18(24-11-13)26-15-7-5-14(6-8-15)19(20,21)22/h2-11H,1H3,(H,25,27)(H,23,24,26). The molecule has 0 saturated heterocycles. The van der Waals surface area contributed by atoms with Crippen LogP contribution in [0.15, 0.2) is 60.9 Å². The number of hydrogen-bond acceptors (Lipinski definition) is 4. The molecule has 0 aliphatic rings. The fourth-order valence-electron chi connectivity index (χ4n) is 2.31. The number of carbonyl (C=O) groups excluding carboxylic acids is 1. The average molecular weight is 372 g/mol. The van der Waals surface area contributed by atoms with Crippen LogP contribution in [0.25, 0.3) is 0 Å². The van der Waals surface area contributed by atoms with E-state index in [9.17, 15) is 18.0 Å². The summed E-state index contributed by atoms with van der Waals surface area (Å²) in [6.45, 7) is 1.92. The Morgan fingerprint density at radius 2 is 1.63 bits per heavy atom. The molecule has 3 aromatic rings. The molecule has 138 valence electrons. The number of nitrogens with one attached hydrogen (secondary N) is 2. The largest absolute Gasteiger partial charge is 0.416 e. The molecule has 1 amide bonds. The second kappa shape index (κ2) is 7.45. The van der Waals surface area contributed by atoms with E-state index >= 15 is 0 Å². The van der Waals surface area contributed by atoms with Crippen molar-refractivity contribution >= 4 is 23.2 Å². The molecular formula is C19H15F3N4O. The van der Waals surface area contributed by atoms with E-state index in [1.807, 2.05) is 25.1 Å². The summed E-state index contributed by atoms with van der Waals surface area (Å²) in [7, 11) is 0. The zero-order valence-electron chi connectivity index (χ0n) is 14.2. The van der Waals surface area contributed by atoms with Crippen LogP contribution in [0.1, 0.15) is 21.5 Å². The Labute approximate surface area is 153 Å². The van der Waals surface area contributed by atoms with Crippen LogP contribution < -0.4 is 10.6 Å². The molecule has 3 rings (SSSR count). The maximum absolute atomic E-state index is 12.6. The summed E-state index contributed by atoms with van der Waals surface area (Å²) in [6, 6.07) is 11.8. The van der Waals surface area contributed by atoms with Crippen LogP contribution in [0.4, 0.5) is 30.5 Å². The highest BCUT2D eigenvalue weighted by molar-refractivity contribution is 6.03. The van der Waals surface area contributed by atoms with Crippen molar-refractivity contribution in [3.8, 4) is 0 Å². The first-order valence-electron chi connectivity index (χ1n) is 7.95. The van der Waals surface area contributed by atoms with Gasteiger partial charge in [0.1, 0.15) is 0 Å². The third-order valence-electron chi connectivity index (χ3n) is 3.66. The molecule has 0 atom stereocenters. The molecule has 1 heterocycles. The van der Waals surface area contributed by atoms with Gasteiger partial charge in [-0.15, -0.1) is 0 Å². The van der Waals surface area contributed by atoms with Gasteiger partial charge in [0.25, 0.3) is 5.91 Å². The number of amides is 1. The van der Waals surface area contributed by atoms with Crippen LogP contribution in [0.2, 0.25) is 0 Å². The number of aromatic nitrogens is 2. The lowest BCUT2D eigenvalue weighted by molar-refractivity contribution is -0.137. The van der Waals surface area contributed by atoms with Gasteiger partial charge in [0.2, 0.25) is 5.95 Å². The van der Waals surface area contributed by atoms with Gasteiger partial charge in [0, 0.05) is 23.8 Å². The van der Waals surface area contributed by atoms with E-state index < -0.39 is 11.7 Å². The van der Waals surface area contributed by atoms with Crippen molar-refractivity contribution in [1.29, 1.82) is 0 Å². The lowest BCUT2D eigenvalue weighted by Crippen LogP contribution is -2.13. The topological polar surface area (TPSA) is 66.9 Å². The molecule has 0 fully saturated rings. The fraction of sp³-hybridized carbons (Fsp3) is 0.105. The third-order valence-corrected chi connectivity index (χ3v) is 3.66. The molecule has 1 aromatic heterocycles. The predicted octanol–water partition coefficient (Wildman–Crippen LogP) is 4.80. The summed E-state index contributed by atoms with van der Waals surface area (Å²) in [5.41, 5.74) is 1.60. The Bertz CT molecular complexity index is 938. The highest BCUT2D eigenvalue weighted by atomic mass is 19.4. The van der Waals surface area contributed by atoms with Gasteiger partial charge in [0.05, 0.1) is 11.1 Å². The normalized spacial score (nSPS) is 11.1.